The second kappa shape index (κ2) is 5.00. The third-order valence-corrected chi connectivity index (χ3v) is 3.78. The number of rotatable bonds is 4. The molecule has 2 N–H and O–H groups in total. The standard InChI is InChI=1S/C13H19N3S/c1-9-4-5-12-11(6-9)15-13(14)16(12)7-10(2)8-17-3/h4-6,10H,7-8H2,1-3H3,(H2,14,15). The smallest absolute Gasteiger partial charge is 0.201 e. The average Bonchev–Trinajstić information content (AvgIpc) is 2.55. The van der Waals surface area contributed by atoms with Gasteiger partial charge in [0.25, 0.3) is 0 Å². The summed E-state index contributed by atoms with van der Waals surface area (Å²) >= 11 is 1.87. The quantitative estimate of drug-likeness (QED) is 0.906. The number of hydrogen-bond acceptors (Lipinski definition) is 3. The highest BCUT2D eigenvalue weighted by atomic mass is 32.2. The Morgan fingerprint density at radius 1 is 1.47 bits per heavy atom. The lowest BCUT2D eigenvalue weighted by Gasteiger charge is -2.12. The molecule has 17 heavy (non-hydrogen) atoms. The molecule has 0 fully saturated rings. The minimum atomic E-state index is 0.603. The molecule has 2 rings (SSSR count). The first-order valence-corrected chi connectivity index (χ1v) is 7.22. The number of anilines is 1. The van der Waals surface area contributed by atoms with Gasteiger partial charge in [0.05, 0.1) is 11.0 Å². The third-order valence-electron chi connectivity index (χ3n) is 2.88. The van der Waals surface area contributed by atoms with Crippen molar-refractivity contribution in [3.63, 3.8) is 0 Å². The van der Waals surface area contributed by atoms with Crippen molar-refractivity contribution in [3.8, 4) is 0 Å². The fraction of sp³-hybridized carbons (Fsp3) is 0.462. The van der Waals surface area contributed by atoms with E-state index >= 15 is 0 Å². The maximum atomic E-state index is 5.99. The molecule has 0 bridgehead atoms. The van der Waals surface area contributed by atoms with Crippen molar-refractivity contribution in [2.45, 2.75) is 20.4 Å². The Morgan fingerprint density at radius 3 is 2.94 bits per heavy atom. The molecule has 0 saturated carbocycles. The van der Waals surface area contributed by atoms with Gasteiger partial charge < -0.3 is 10.3 Å². The molecule has 92 valence electrons. The van der Waals surface area contributed by atoms with Crippen molar-refractivity contribution < 1.29 is 0 Å². The molecule has 0 spiro atoms. The van der Waals surface area contributed by atoms with Crippen LogP contribution in [0.25, 0.3) is 11.0 Å². The lowest BCUT2D eigenvalue weighted by Crippen LogP contribution is -2.12. The summed E-state index contributed by atoms with van der Waals surface area (Å²) in [5.74, 6) is 2.37. The Kier molecular flexibility index (Phi) is 3.62. The Labute approximate surface area is 106 Å². The number of fused-ring (bicyclic) bond motifs is 1. The highest BCUT2D eigenvalue weighted by Crippen LogP contribution is 2.21. The summed E-state index contributed by atoms with van der Waals surface area (Å²) in [6, 6.07) is 6.31. The molecule has 4 heteroatoms. The van der Waals surface area contributed by atoms with E-state index in [-0.39, 0.29) is 0 Å². The number of hydrogen-bond donors (Lipinski definition) is 1. The number of imidazole rings is 1. The number of nitrogen functional groups attached to an aromatic ring is 1. The Balaban J connectivity index is 2.36. The van der Waals surface area contributed by atoms with Crippen LogP contribution in [0.4, 0.5) is 5.95 Å². The predicted octanol–water partition coefficient (Wildman–Crippen LogP) is 2.93. The summed E-state index contributed by atoms with van der Waals surface area (Å²) in [6.07, 6.45) is 2.13. The lowest BCUT2D eigenvalue weighted by atomic mass is 10.2. The van der Waals surface area contributed by atoms with Crippen LogP contribution in [-0.4, -0.2) is 21.6 Å². The van der Waals surface area contributed by atoms with Crippen molar-refractivity contribution in [1.82, 2.24) is 9.55 Å². The average molecular weight is 249 g/mol. The van der Waals surface area contributed by atoms with Gasteiger partial charge in [0.2, 0.25) is 5.95 Å². The minimum absolute atomic E-state index is 0.603. The van der Waals surface area contributed by atoms with Gasteiger partial charge in [-0.25, -0.2) is 4.98 Å². The van der Waals surface area contributed by atoms with E-state index in [4.69, 9.17) is 5.73 Å². The Hall–Kier alpha value is -1.16. The molecule has 1 atom stereocenters. The van der Waals surface area contributed by atoms with Crippen LogP contribution in [0.1, 0.15) is 12.5 Å². The first kappa shape index (κ1) is 12.3. The van der Waals surface area contributed by atoms with Crippen LogP contribution in [0.3, 0.4) is 0 Å². The maximum absolute atomic E-state index is 5.99. The van der Waals surface area contributed by atoms with Crippen LogP contribution in [0.15, 0.2) is 18.2 Å². The number of thioether (sulfide) groups is 1. The lowest BCUT2D eigenvalue weighted by molar-refractivity contribution is 0.546. The summed E-state index contributed by atoms with van der Waals surface area (Å²) in [6.45, 7) is 5.26. The van der Waals surface area contributed by atoms with E-state index in [9.17, 15) is 0 Å². The van der Waals surface area contributed by atoms with Gasteiger partial charge in [0.15, 0.2) is 0 Å². The van der Waals surface area contributed by atoms with Gasteiger partial charge >= 0.3 is 0 Å². The zero-order chi connectivity index (χ0) is 12.4. The fourth-order valence-electron chi connectivity index (χ4n) is 2.10. The highest BCUT2D eigenvalue weighted by Gasteiger charge is 2.10. The Morgan fingerprint density at radius 2 is 2.24 bits per heavy atom. The summed E-state index contributed by atoms with van der Waals surface area (Å²) in [7, 11) is 0. The van der Waals surface area contributed by atoms with Gasteiger partial charge in [-0.05, 0) is 42.5 Å². The number of nitrogens with two attached hydrogens (primary N) is 1. The summed E-state index contributed by atoms with van der Waals surface area (Å²) in [5.41, 5.74) is 9.35. The van der Waals surface area contributed by atoms with E-state index < -0.39 is 0 Å². The molecule has 1 unspecified atom stereocenters. The van der Waals surface area contributed by atoms with E-state index in [1.54, 1.807) is 0 Å². The number of nitrogens with zero attached hydrogens (tertiary/aromatic N) is 2. The minimum Gasteiger partial charge on any atom is -0.369 e. The van der Waals surface area contributed by atoms with Crippen molar-refractivity contribution in [2.24, 2.45) is 5.92 Å². The molecule has 2 aromatic rings. The molecule has 0 aliphatic heterocycles. The molecule has 0 saturated heterocycles. The number of aryl methyl sites for hydroxylation is 1. The zero-order valence-electron chi connectivity index (χ0n) is 10.6. The van der Waals surface area contributed by atoms with E-state index in [0.717, 1.165) is 23.3 Å². The molecule has 0 aliphatic rings. The van der Waals surface area contributed by atoms with Gasteiger partial charge in [-0.2, -0.15) is 11.8 Å². The normalized spacial score (nSPS) is 13.1. The van der Waals surface area contributed by atoms with Gasteiger partial charge in [-0.15, -0.1) is 0 Å². The predicted molar refractivity (Wildman–Crippen MR) is 76.4 cm³/mol. The van der Waals surface area contributed by atoms with Gasteiger partial charge in [0, 0.05) is 6.54 Å². The first-order chi connectivity index (χ1) is 8.11. The van der Waals surface area contributed by atoms with Crippen LogP contribution in [0, 0.1) is 12.8 Å². The van der Waals surface area contributed by atoms with Crippen molar-refractivity contribution in [3.05, 3.63) is 23.8 Å². The second-order valence-corrected chi connectivity index (χ2v) is 5.54. The molecule has 3 nitrogen and oxygen atoms in total. The molecule has 1 heterocycles. The summed E-state index contributed by atoms with van der Waals surface area (Å²) in [5, 5.41) is 0. The summed E-state index contributed by atoms with van der Waals surface area (Å²) < 4.78 is 2.12. The van der Waals surface area contributed by atoms with Gasteiger partial charge in [0.1, 0.15) is 0 Å². The maximum Gasteiger partial charge on any atom is 0.201 e. The number of aromatic nitrogens is 2. The van der Waals surface area contributed by atoms with Crippen LogP contribution in [0.5, 0.6) is 0 Å². The van der Waals surface area contributed by atoms with Gasteiger partial charge in [-0.3, -0.25) is 0 Å². The summed E-state index contributed by atoms with van der Waals surface area (Å²) in [4.78, 5) is 4.42. The fourth-order valence-corrected chi connectivity index (χ4v) is 2.77. The molecule has 0 aliphatic carbocycles. The van der Waals surface area contributed by atoms with Crippen molar-refractivity contribution in [2.75, 3.05) is 17.7 Å². The number of benzene rings is 1. The Bertz CT molecular complexity index is 519. The largest absolute Gasteiger partial charge is 0.369 e. The van der Waals surface area contributed by atoms with E-state index in [0.29, 0.717) is 11.9 Å². The van der Waals surface area contributed by atoms with Crippen molar-refractivity contribution >= 4 is 28.7 Å². The van der Waals surface area contributed by atoms with Crippen LogP contribution < -0.4 is 5.73 Å². The molecular weight excluding hydrogens is 230 g/mol. The van der Waals surface area contributed by atoms with Crippen LogP contribution >= 0.6 is 11.8 Å². The van der Waals surface area contributed by atoms with Crippen LogP contribution in [-0.2, 0) is 6.54 Å². The topological polar surface area (TPSA) is 43.8 Å². The molecular formula is C13H19N3S. The SMILES string of the molecule is CSCC(C)Cn1c(N)nc2cc(C)ccc21. The molecule has 1 aromatic carbocycles. The zero-order valence-corrected chi connectivity index (χ0v) is 11.4. The molecule has 1 aromatic heterocycles. The molecule has 0 radical (unpaired) electrons. The monoisotopic (exact) mass is 249 g/mol. The van der Waals surface area contributed by atoms with Crippen molar-refractivity contribution in [1.29, 1.82) is 0 Å². The van der Waals surface area contributed by atoms with Crippen LogP contribution in [0.2, 0.25) is 0 Å². The third kappa shape index (κ3) is 2.57. The van der Waals surface area contributed by atoms with E-state index in [1.807, 2.05) is 11.8 Å². The second-order valence-electron chi connectivity index (χ2n) is 4.63. The van der Waals surface area contributed by atoms with Gasteiger partial charge in [-0.1, -0.05) is 13.0 Å². The van der Waals surface area contributed by atoms with E-state index in [1.165, 1.54) is 5.56 Å². The first-order valence-electron chi connectivity index (χ1n) is 5.83. The molecule has 0 amide bonds. The van der Waals surface area contributed by atoms with E-state index in [2.05, 4.69) is 47.9 Å². The highest BCUT2D eigenvalue weighted by molar-refractivity contribution is 7.98.